The van der Waals surface area contributed by atoms with E-state index in [1.54, 1.807) is 13.8 Å². The van der Waals surface area contributed by atoms with Crippen molar-refractivity contribution in [3.63, 3.8) is 0 Å². The predicted octanol–water partition coefficient (Wildman–Crippen LogP) is 4.04. The zero-order valence-electron chi connectivity index (χ0n) is 15.3. The van der Waals surface area contributed by atoms with E-state index in [2.05, 4.69) is 5.32 Å². The van der Waals surface area contributed by atoms with Crippen LogP contribution in [0.4, 0.5) is 10.1 Å². The molecule has 1 aliphatic heterocycles. The van der Waals surface area contributed by atoms with Crippen molar-refractivity contribution in [2.45, 2.75) is 33.7 Å². The monoisotopic (exact) mass is 352 g/mol. The summed E-state index contributed by atoms with van der Waals surface area (Å²) in [4.78, 5) is 27.1. The molecular formula is C21H21FN2O2. The van der Waals surface area contributed by atoms with Crippen LogP contribution in [-0.4, -0.2) is 22.8 Å². The summed E-state index contributed by atoms with van der Waals surface area (Å²) in [5, 5.41) is 3.15. The molecule has 0 unspecified atom stereocenters. The summed E-state index contributed by atoms with van der Waals surface area (Å²) in [6.07, 6.45) is 0. The van der Waals surface area contributed by atoms with Crippen molar-refractivity contribution in [3.8, 4) is 0 Å². The molecule has 1 heterocycles. The Labute approximate surface area is 152 Å². The molecule has 0 atom stereocenters. The van der Waals surface area contributed by atoms with Crippen LogP contribution in [0.1, 0.15) is 30.5 Å². The van der Waals surface area contributed by atoms with Crippen molar-refractivity contribution < 1.29 is 14.0 Å². The molecule has 4 nitrogen and oxygen atoms in total. The number of anilines is 1. The highest BCUT2D eigenvalue weighted by Gasteiger charge is 2.40. The number of amides is 2. The number of carbonyl (C=O) groups excluding carboxylic acids is 2. The van der Waals surface area contributed by atoms with Gasteiger partial charge < -0.3 is 5.32 Å². The lowest BCUT2D eigenvalue weighted by Crippen LogP contribution is -2.38. The predicted molar refractivity (Wildman–Crippen MR) is 99.8 cm³/mol. The fourth-order valence-corrected chi connectivity index (χ4v) is 3.02. The van der Waals surface area contributed by atoms with E-state index in [1.165, 1.54) is 29.2 Å². The van der Waals surface area contributed by atoms with Crippen LogP contribution in [-0.2, 0) is 9.59 Å². The lowest BCUT2D eigenvalue weighted by molar-refractivity contribution is -0.138. The van der Waals surface area contributed by atoms with Gasteiger partial charge in [0.25, 0.3) is 11.8 Å². The van der Waals surface area contributed by atoms with Gasteiger partial charge in [-0.05, 0) is 62.6 Å². The molecule has 0 radical (unpaired) electrons. The van der Waals surface area contributed by atoms with Crippen molar-refractivity contribution in [1.82, 2.24) is 4.90 Å². The van der Waals surface area contributed by atoms with Crippen LogP contribution in [0.5, 0.6) is 0 Å². The SMILES string of the molecule is Cc1ccc(C)c(NC2=C(c3ccc(F)cc3)C(=O)N(C(C)C)C2=O)c1. The molecule has 5 heteroatoms. The third-order valence-electron chi connectivity index (χ3n) is 4.42. The smallest absolute Gasteiger partial charge is 0.278 e. The first-order valence-corrected chi connectivity index (χ1v) is 8.52. The standard InChI is InChI=1S/C21H21FN2O2/c1-12(2)24-20(25)18(15-7-9-16(22)10-8-15)19(21(24)26)23-17-11-13(3)5-6-14(17)4/h5-12,23H,1-4H3. The zero-order valence-corrected chi connectivity index (χ0v) is 15.3. The van der Waals surface area contributed by atoms with E-state index in [4.69, 9.17) is 0 Å². The fraction of sp³-hybridized carbons (Fsp3) is 0.238. The van der Waals surface area contributed by atoms with Crippen molar-refractivity contribution in [3.05, 3.63) is 70.7 Å². The van der Waals surface area contributed by atoms with Crippen LogP contribution >= 0.6 is 0 Å². The van der Waals surface area contributed by atoms with Crippen molar-refractivity contribution in [2.75, 3.05) is 5.32 Å². The van der Waals surface area contributed by atoms with Gasteiger partial charge in [0.15, 0.2) is 0 Å². The summed E-state index contributed by atoms with van der Waals surface area (Å²) < 4.78 is 13.3. The van der Waals surface area contributed by atoms with Gasteiger partial charge in [-0.1, -0.05) is 24.3 Å². The van der Waals surface area contributed by atoms with Crippen LogP contribution in [0, 0.1) is 19.7 Å². The van der Waals surface area contributed by atoms with E-state index < -0.39 is 5.82 Å². The molecule has 3 rings (SSSR count). The quantitative estimate of drug-likeness (QED) is 0.845. The van der Waals surface area contributed by atoms with Gasteiger partial charge in [-0.3, -0.25) is 14.5 Å². The van der Waals surface area contributed by atoms with Crippen LogP contribution < -0.4 is 5.32 Å². The Bertz CT molecular complexity index is 914. The molecule has 134 valence electrons. The van der Waals surface area contributed by atoms with Crippen LogP contribution in [0.15, 0.2) is 48.2 Å². The molecule has 1 N–H and O–H groups in total. The van der Waals surface area contributed by atoms with E-state index in [0.29, 0.717) is 5.56 Å². The topological polar surface area (TPSA) is 49.4 Å². The first kappa shape index (κ1) is 17.9. The number of rotatable bonds is 4. The lowest BCUT2D eigenvalue weighted by atomic mass is 10.0. The van der Waals surface area contributed by atoms with Crippen molar-refractivity contribution in [1.29, 1.82) is 0 Å². The van der Waals surface area contributed by atoms with Crippen LogP contribution in [0.25, 0.3) is 5.57 Å². The third-order valence-corrected chi connectivity index (χ3v) is 4.42. The highest BCUT2D eigenvalue weighted by atomic mass is 19.1. The maximum atomic E-state index is 13.3. The summed E-state index contributed by atoms with van der Waals surface area (Å²) in [5.41, 5.74) is 3.78. The Morgan fingerprint density at radius 1 is 0.962 bits per heavy atom. The molecule has 0 saturated heterocycles. The minimum atomic E-state index is -0.393. The Balaban J connectivity index is 2.13. The van der Waals surface area contributed by atoms with Crippen molar-refractivity contribution in [2.24, 2.45) is 0 Å². The molecule has 0 aliphatic carbocycles. The number of halogens is 1. The van der Waals surface area contributed by atoms with Gasteiger partial charge in [0.1, 0.15) is 11.5 Å². The molecule has 0 saturated carbocycles. The Hall–Kier alpha value is -2.95. The molecule has 1 aliphatic rings. The van der Waals surface area contributed by atoms with Crippen LogP contribution in [0.3, 0.4) is 0 Å². The molecule has 26 heavy (non-hydrogen) atoms. The van der Waals surface area contributed by atoms with Gasteiger partial charge in [-0.2, -0.15) is 0 Å². The van der Waals surface area contributed by atoms with Crippen LogP contribution in [0.2, 0.25) is 0 Å². The van der Waals surface area contributed by atoms with Gasteiger partial charge in [-0.15, -0.1) is 0 Å². The summed E-state index contributed by atoms with van der Waals surface area (Å²) in [5.74, 6) is -1.13. The number of hydrogen-bond donors (Lipinski definition) is 1. The molecule has 0 aromatic heterocycles. The number of aryl methyl sites for hydroxylation is 2. The molecule has 0 spiro atoms. The second kappa shape index (κ2) is 6.75. The highest BCUT2D eigenvalue weighted by molar-refractivity contribution is 6.36. The first-order valence-electron chi connectivity index (χ1n) is 8.52. The van der Waals surface area contributed by atoms with Gasteiger partial charge in [0.05, 0.1) is 5.57 Å². The zero-order chi connectivity index (χ0) is 19.0. The van der Waals surface area contributed by atoms with Gasteiger partial charge in [0.2, 0.25) is 0 Å². The second-order valence-electron chi connectivity index (χ2n) is 6.77. The molecule has 2 aromatic rings. The summed E-state index contributed by atoms with van der Waals surface area (Å²) in [7, 11) is 0. The maximum Gasteiger partial charge on any atom is 0.278 e. The van der Waals surface area contributed by atoms with Gasteiger partial charge in [-0.25, -0.2) is 4.39 Å². The Kier molecular flexibility index (Phi) is 4.64. The molecule has 2 amide bonds. The first-order chi connectivity index (χ1) is 12.3. The van der Waals surface area contributed by atoms with E-state index in [-0.39, 0.29) is 29.1 Å². The second-order valence-corrected chi connectivity index (χ2v) is 6.77. The molecule has 0 bridgehead atoms. The molecule has 2 aromatic carbocycles. The molecule has 0 fully saturated rings. The van der Waals surface area contributed by atoms with Gasteiger partial charge >= 0.3 is 0 Å². The minimum Gasteiger partial charge on any atom is -0.350 e. The number of benzene rings is 2. The summed E-state index contributed by atoms with van der Waals surface area (Å²) in [6, 6.07) is 11.2. The van der Waals surface area contributed by atoms with E-state index in [9.17, 15) is 14.0 Å². The number of nitrogens with one attached hydrogen (secondary N) is 1. The molecular weight excluding hydrogens is 331 g/mol. The van der Waals surface area contributed by atoms with E-state index >= 15 is 0 Å². The van der Waals surface area contributed by atoms with Gasteiger partial charge in [0, 0.05) is 11.7 Å². The fourth-order valence-electron chi connectivity index (χ4n) is 3.02. The number of nitrogens with zero attached hydrogens (tertiary/aromatic N) is 1. The summed E-state index contributed by atoms with van der Waals surface area (Å²) >= 11 is 0. The average Bonchev–Trinajstić information content (AvgIpc) is 2.82. The highest BCUT2D eigenvalue weighted by Crippen LogP contribution is 2.32. The summed E-state index contributed by atoms with van der Waals surface area (Å²) in [6.45, 7) is 7.47. The number of imide groups is 1. The van der Waals surface area contributed by atoms with E-state index in [0.717, 1.165) is 16.8 Å². The van der Waals surface area contributed by atoms with Crippen molar-refractivity contribution >= 4 is 23.1 Å². The average molecular weight is 352 g/mol. The number of carbonyl (C=O) groups is 2. The third kappa shape index (κ3) is 3.12. The minimum absolute atomic E-state index is 0.226. The Morgan fingerprint density at radius 2 is 1.62 bits per heavy atom. The maximum absolute atomic E-state index is 13.3. The normalized spacial score (nSPS) is 14.6. The van der Waals surface area contributed by atoms with E-state index in [1.807, 2.05) is 32.0 Å². The number of hydrogen-bond acceptors (Lipinski definition) is 3. The lowest BCUT2D eigenvalue weighted by Gasteiger charge is -2.19. The Morgan fingerprint density at radius 3 is 2.23 bits per heavy atom. The largest absolute Gasteiger partial charge is 0.350 e.